The van der Waals surface area contributed by atoms with Gasteiger partial charge in [-0.3, -0.25) is 4.90 Å². The summed E-state index contributed by atoms with van der Waals surface area (Å²) in [4.78, 5) is 23.0. The molecule has 2 aromatic rings. The third kappa shape index (κ3) is 4.64. The van der Waals surface area contributed by atoms with Gasteiger partial charge >= 0.3 is 6.03 Å². The smallest absolute Gasteiger partial charge is 0.319 e. The molecule has 7 heteroatoms. The summed E-state index contributed by atoms with van der Waals surface area (Å²) in [7, 11) is 0. The molecule has 28 heavy (non-hydrogen) atoms. The summed E-state index contributed by atoms with van der Waals surface area (Å²) in [6.07, 6.45) is 6.62. The molecule has 2 aliphatic rings. The highest BCUT2D eigenvalue weighted by Crippen LogP contribution is 2.25. The normalized spacial score (nSPS) is 18.4. The van der Waals surface area contributed by atoms with E-state index in [0.29, 0.717) is 12.6 Å². The number of nitrogens with zero attached hydrogens (tertiary/aromatic N) is 3. The molecule has 2 N–H and O–H groups in total. The van der Waals surface area contributed by atoms with Crippen LogP contribution in [-0.2, 0) is 13.0 Å². The maximum absolute atomic E-state index is 12.3. The molecule has 0 aliphatic carbocycles. The van der Waals surface area contributed by atoms with E-state index in [4.69, 9.17) is 0 Å². The SMILES string of the molecule is C[C@H](CNC(=O)Nc1ccc(N2CCCCC2)nc1)N1CCc2sccc2C1. The summed E-state index contributed by atoms with van der Waals surface area (Å²) in [6.45, 7) is 6.98. The van der Waals surface area contributed by atoms with Gasteiger partial charge in [0.15, 0.2) is 0 Å². The third-order valence-electron chi connectivity index (χ3n) is 5.70. The summed E-state index contributed by atoms with van der Waals surface area (Å²) < 4.78 is 0. The molecule has 2 aromatic heterocycles. The van der Waals surface area contributed by atoms with Gasteiger partial charge in [0.1, 0.15) is 5.82 Å². The van der Waals surface area contributed by atoms with E-state index < -0.39 is 0 Å². The monoisotopic (exact) mass is 399 g/mol. The Morgan fingerprint density at radius 2 is 2.07 bits per heavy atom. The molecule has 150 valence electrons. The van der Waals surface area contributed by atoms with Gasteiger partial charge in [0.05, 0.1) is 11.9 Å². The van der Waals surface area contributed by atoms with E-state index in [0.717, 1.165) is 44.1 Å². The average molecular weight is 400 g/mol. The molecule has 0 bridgehead atoms. The number of nitrogens with one attached hydrogen (secondary N) is 2. The number of carbonyl (C=O) groups excluding carboxylic acids is 1. The molecular formula is C21H29N5OS. The molecule has 0 radical (unpaired) electrons. The van der Waals surface area contributed by atoms with Crippen LogP contribution < -0.4 is 15.5 Å². The maximum atomic E-state index is 12.3. The number of aromatic nitrogens is 1. The summed E-state index contributed by atoms with van der Waals surface area (Å²) in [5, 5.41) is 8.07. The molecular weight excluding hydrogens is 370 g/mol. The zero-order valence-electron chi connectivity index (χ0n) is 16.5. The fourth-order valence-corrected chi connectivity index (χ4v) is 4.85. The van der Waals surface area contributed by atoms with Crippen molar-refractivity contribution in [2.75, 3.05) is 36.4 Å². The van der Waals surface area contributed by atoms with Gasteiger partial charge in [-0.25, -0.2) is 9.78 Å². The molecule has 2 aliphatic heterocycles. The highest BCUT2D eigenvalue weighted by Gasteiger charge is 2.21. The maximum Gasteiger partial charge on any atom is 0.319 e. The molecule has 0 unspecified atom stereocenters. The minimum Gasteiger partial charge on any atom is -0.357 e. The quantitative estimate of drug-likeness (QED) is 0.805. The lowest BCUT2D eigenvalue weighted by Gasteiger charge is -2.32. The second-order valence-corrected chi connectivity index (χ2v) is 8.73. The molecule has 0 aromatic carbocycles. The Kier molecular flexibility index (Phi) is 6.12. The van der Waals surface area contributed by atoms with Gasteiger partial charge in [-0.15, -0.1) is 11.3 Å². The van der Waals surface area contributed by atoms with Crippen molar-refractivity contribution >= 4 is 28.9 Å². The second-order valence-electron chi connectivity index (χ2n) is 7.73. The van der Waals surface area contributed by atoms with Crippen LogP contribution in [0.3, 0.4) is 0 Å². The minimum atomic E-state index is -0.174. The molecule has 2 amide bonds. The Bertz CT molecular complexity index is 784. The van der Waals surface area contributed by atoms with Crippen LogP contribution in [0.4, 0.5) is 16.3 Å². The van der Waals surface area contributed by atoms with Crippen molar-refractivity contribution in [2.24, 2.45) is 0 Å². The number of hydrogen-bond donors (Lipinski definition) is 2. The van der Waals surface area contributed by atoms with Crippen molar-refractivity contribution in [3.63, 3.8) is 0 Å². The second kappa shape index (κ2) is 8.92. The number of amides is 2. The standard InChI is InChI=1S/C21H29N5OS/c1-16(26-11-7-19-17(15-26)8-12-28-19)13-23-21(27)24-18-5-6-20(22-14-18)25-9-3-2-4-10-25/h5-6,8,12,14,16H,2-4,7,9-11,13,15H2,1H3,(H2,23,24,27)/t16-/m1/s1. The Morgan fingerprint density at radius 1 is 1.21 bits per heavy atom. The van der Waals surface area contributed by atoms with Crippen LogP contribution in [0.5, 0.6) is 0 Å². The van der Waals surface area contributed by atoms with Crippen molar-refractivity contribution in [1.29, 1.82) is 0 Å². The first-order valence-electron chi connectivity index (χ1n) is 10.2. The highest BCUT2D eigenvalue weighted by atomic mass is 32.1. The minimum absolute atomic E-state index is 0.174. The summed E-state index contributed by atoms with van der Waals surface area (Å²) in [6, 6.07) is 6.28. The van der Waals surface area contributed by atoms with Crippen LogP contribution in [0.2, 0.25) is 0 Å². The van der Waals surface area contributed by atoms with E-state index in [1.165, 1.54) is 29.7 Å². The molecule has 0 saturated carbocycles. The van der Waals surface area contributed by atoms with E-state index in [2.05, 4.69) is 43.8 Å². The Labute approximate surface area is 170 Å². The largest absolute Gasteiger partial charge is 0.357 e. The fraction of sp³-hybridized carbons (Fsp3) is 0.524. The Hall–Kier alpha value is -2.12. The van der Waals surface area contributed by atoms with Gasteiger partial charge in [0.2, 0.25) is 0 Å². The molecule has 1 saturated heterocycles. The third-order valence-corrected chi connectivity index (χ3v) is 6.73. The van der Waals surface area contributed by atoms with Crippen molar-refractivity contribution in [3.8, 4) is 0 Å². The molecule has 1 fully saturated rings. The van der Waals surface area contributed by atoms with Crippen molar-refractivity contribution in [2.45, 2.75) is 45.2 Å². The van der Waals surface area contributed by atoms with Crippen molar-refractivity contribution in [3.05, 3.63) is 40.2 Å². The zero-order chi connectivity index (χ0) is 19.3. The van der Waals surface area contributed by atoms with E-state index in [9.17, 15) is 4.79 Å². The topological polar surface area (TPSA) is 60.5 Å². The zero-order valence-corrected chi connectivity index (χ0v) is 17.3. The number of hydrogen-bond acceptors (Lipinski definition) is 5. The first-order chi connectivity index (χ1) is 13.7. The Morgan fingerprint density at radius 3 is 2.86 bits per heavy atom. The van der Waals surface area contributed by atoms with Crippen molar-refractivity contribution < 1.29 is 4.79 Å². The van der Waals surface area contributed by atoms with Gasteiger partial charge in [0, 0.05) is 43.6 Å². The van der Waals surface area contributed by atoms with Gasteiger partial charge in [-0.2, -0.15) is 0 Å². The number of urea groups is 1. The van der Waals surface area contributed by atoms with Crippen LogP contribution in [0, 0.1) is 0 Å². The molecule has 0 spiro atoms. The number of pyridine rings is 1. The Balaban J connectivity index is 1.23. The van der Waals surface area contributed by atoms with E-state index >= 15 is 0 Å². The predicted molar refractivity (Wildman–Crippen MR) is 115 cm³/mol. The predicted octanol–water partition coefficient (Wildman–Crippen LogP) is 3.70. The first kappa shape index (κ1) is 19.2. The number of thiophene rings is 1. The number of piperidine rings is 1. The molecule has 6 nitrogen and oxygen atoms in total. The van der Waals surface area contributed by atoms with Gasteiger partial charge in [-0.1, -0.05) is 0 Å². The van der Waals surface area contributed by atoms with Crippen LogP contribution in [-0.4, -0.2) is 48.1 Å². The van der Waals surface area contributed by atoms with E-state index in [-0.39, 0.29) is 6.03 Å². The average Bonchev–Trinajstić information content (AvgIpc) is 3.21. The van der Waals surface area contributed by atoms with Gasteiger partial charge in [-0.05, 0) is 61.7 Å². The number of anilines is 2. The van der Waals surface area contributed by atoms with Gasteiger partial charge < -0.3 is 15.5 Å². The highest BCUT2D eigenvalue weighted by molar-refractivity contribution is 7.10. The summed E-state index contributed by atoms with van der Waals surface area (Å²) >= 11 is 1.85. The first-order valence-corrected chi connectivity index (χ1v) is 11.1. The van der Waals surface area contributed by atoms with Crippen molar-refractivity contribution in [1.82, 2.24) is 15.2 Å². The fourth-order valence-electron chi connectivity index (χ4n) is 3.96. The van der Waals surface area contributed by atoms with Gasteiger partial charge in [0.25, 0.3) is 0 Å². The summed E-state index contributed by atoms with van der Waals surface area (Å²) in [5.41, 5.74) is 2.17. The molecule has 1 atom stereocenters. The molecule has 4 rings (SSSR count). The summed E-state index contributed by atoms with van der Waals surface area (Å²) in [5.74, 6) is 0.997. The lowest BCUT2D eigenvalue weighted by atomic mass is 10.1. The number of carbonyl (C=O) groups is 1. The van der Waals surface area contributed by atoms with Crippen LogP contribution in [0.1, 0.15) is 36.6 Å². The van der Waals surface area contributed by atoms with E-state index in [1.54, 1.807) is 6.20 Å². The lowest BCUT2D eigenvalue weighted by Crippen LogP contribution is -2.45. The lowest BCUT2D eigenvalue weighted by molar-refractivity contribution is 0.188. The van der Waals surface area contributed by atoms with Crippen LogP contribution in [0.25, 0.3) is 0 Å². The molecule has 4 heterocycles. The van der Waals surface area contributed by atoms with Crippen LogP contribution in [0.15, 0.2) is 29.8 Å². The van der Waals surface area contributed by atoms with Crippen LogP contribution >= 0.6 is 11.3 Å². The number of fused-ring (bicyclic) bond motifs is 1. The number of rotatable bonds is 5. The van der Waals surface area contributed by atoms with E-state index in [1.807, 2.05) is 23.5 Å².